The highest BCUT2D eigenvalue weighted by Crippen LogP contribution is 2.32. The van der Waals surface area contributed by atoms with Crippen molar-refractivity contribution in [2.45, 2.75) is 46.2 Å². The minimum absolute atomic E-state index is 0.134. The van der Waals surface area contributed by atoms with E-state index in [1.54, 1.807) is 31.4 Å². The molecule has 0 aliphatic heterocycles. The van der Waals surface area contributed by atoms with Crippen molar-refractivity contribution in [3.8, 4) is 5.75 Å². The Morgan fingerprint density at radius 2 is 1.60 bits per heavy atom. The molecule has 0 saturated carbocycles. The van der Waals surface area contributed by atoms with Gasteiger partial charge in [0.25, 0.3) is 5.91 Å². The van der Waals surface area contributed by atoms with Gasteiger partial charge in [0.15, 0.2) is 0 Å². The zero-order chi connectivity index (χ0) is 25.8. The van der Waals surface area contributed by atoms with Gasteiger partial charge in [0.1, 0.15) is 5.75 Å². The molecule has 0 aromatic heterocycles. The number of sulfonamides is 1. The molecule has 0 aliphatic carbocycles. The van der Waals surface area contributed by atoms with Gasteiger partial charge in [-0.3, -0.25) is 9.10 Å². The van der Waals surface area contributed by atoms with Crippen molar-refractivity contribution >= 4 is 21.6 Å². The average Bonchev–Trinajstić information content (AvgIpc) is 2.81. The summed E-state index contributed by atoms with van der Waals surface area (Å²) in [6, 6.07) is 19.9. The molecule has 6 nitrogen and oxygen atoms in total. The molecule has 3 aromatic carbocycles. The van der Waals surface area contributed by atoms with Crippen LogP contribution in [0.1, 0.15) is 65.3 Å². The Bertz CT molecular complexity index is 1290. The van der Waals surface area contributed by atoms with E-state index >= 15 is 0 Å². The van der Waals surface area contributed by atoms with Crippen molar-refractivity contribution < 1.29 is 17.9 Å². The molecule has 1 amide bonds. The van der Waals surface area contributed by atoms with Crippen molar-refractivity contribution in [2.75, 3.05) is 17.7 Å². The van der Waals surface area contributed by atoms with Gasteiger partial charge in [0.05, 0.1) is 37.2 Å². The highest BCUT2D eigenvalue weighted by Gasteiger charge is 2.25. The van der Waals surface area contributed by atoms with E-state index in [0.717, 1.165) is 34.3 Å². The number of rotatable bonds is 9. The Hall–Kier alpha value is -3.32. The van der Waals surface area contributed by atoms with E-state index in [-0.39, 0.29) is 24.4 Å². The largest absolute Gasteiger partial charge is 0.496 e. The summed E-state index contributed by atoms with van der Waals surface area (Å²) in [6.07, 6.45) is 1.15. The van der Waals surface area contributed by atoms with Crippen LogP contribution in [0.4, 0.5) is 5.69 Å². The highest BCUT2D eigenvalue weighted by molar-refractivity contribution is 7.92. The number of carbonyl (C=O) groups is 1. The minimum atomic E-state index is -3.64. The summed E-state index contributed by atoms with van der Waals surface area (Å²) in [5.74, 6) is 0.750. The first-order valence-electron chi connectivity index (χ1n) is 11.6. The number of para-hydroxylation sites is 1. The molecule has 0 heterocycles. The summed E-state index contributed by atoms with van der Waals surface area (Å²) in [6.45, 7) is 8.25. The lowest BCUT2D eigenvalue weighted by molar-refractivity contribution is 0.0940. The van der Waals surface area contributed by atoms with Gasteiger partial charge >= 0.3 is 0 Å². The second-order valence-corrected chi connectivity index (χ2v) is 11.0. The van der Waals surface area contributed by atoms with Crippen molar-refractivity contribution in [3.05, 3.63) is 94.5 Å². The van der Waals surface area contributed by atoms with Gasteiger partial charge in [0.2, 0.25) is 10.0 Å². The topological polar surface area (TPSA) is 75.7 Å². The summed E-state index contributed by atoms with van der Waals surface area (Å²) >= 11 is 0. The molecule has 7 heteroatoms. The number of nitrogens with one attached hydrogen (secondary N) is 1. The Morgan fingerprint density at radius 1 is 0.971 bits per heavy atom. The molecule has 1 atom stereocenters. The standard InChI is InChI=1S/C28H34N2O4S/c1-19(2)24-17-25(20(3)16-27(24)34-5)21(4)29-28(31)23-14-10-11-15-26(23)30(35(6,32)33)18-22-12-8-7-9-13-22/h7-17,19,21H,18H2,1-6H3,(H,29,31)/t21-/m0/s1. The zero-order valence-corrected chi connectivity index (χ0v) is 22.0. The molecular formula is C28H34N2O4S. The van der Waals surface area contributed by atoms with Crippen LogP contribution in [0.25, 0.3) is 0 Å². The molecular weight excluding hydrogens is 460 g/mol. The first kappa shape index (κ1) is 26.3. The maximum absolute atomic E-state index is 13.4. The Labute approximate surface area is 209 Å². The van der Waals surface area contributed by atoms with Crippen LogP contribution < -0.4 is 14.4 Å². The van der Waals surface area contributed by atoms with Crippen LogP contribution in [0, 0.1) is 6.92 Å². The Morgan fingerprint density at radius 3 is 2.20 bits per heavy atom. The van der Waals surface area contributed by atoms with Crippen LogP contribution in [0.3, 0.4) is 0 Å². The van der Waals surface area contributed by atoms with Gasteiger partial charge in [0, 0.05) is 0 Å². The third-order valence-corrected chi connectivity index (χ3v) is 7.17. The van der Waals surface area contributed by atoms with Gasteiger partial charge in [-0.05, 0) is 66.3 Å². The lowest BCUT2D eigenvalue weighted by Gasteiger charge is -2.26. The second-order valence-electron chi connectivity index (χ2n) is 9.07. The second kappa shape index (κ2) is 11.0. The fourth-order valence-corrected chi connectivity index (χ4v) is 5.08. The SMILES string of the molecule is COc1cc(C)c([C@H](C)NC(=O)c2ccccc2N(Cc2ccccc2)S(C)(=O)=O)cc1C(C)C. The van der Waals surface area contributed by atoms with Gasteiger partial charge in [-0.25, -0.2) is 8.42 Å². The summed E-state index contributed by atoms with van der Waals surface area (Å²) in [4.78, 5) is 13.4. The number of hydrogen-bond acceptors (Lipinski definition) is 4. The molecule has 0 fully saturated rings. The average molecular weight is 495 g/mol. The number of nitrogens with zero attached hydrogens (tertiary/aromatic N) is 1. The molecule has 1 N–H and O–H groups in total. The maximum atomic E-state index is 13.4. The fraction of sp³-hybridized carbons (Fsp3) is 0.321. The number of benzene rings is 3. The molecule has 3 rings (SSSR count). The summed E-state index contributed by atoms with van der Waals surface area (Å²) in [5.41, 5.74) is 4.55. The van der Waals surface area contributed by atoms with Gasteiger partial charge < -0.3 is 10.1 Å². The summed E-state index contributed by atoms with van der Waals surface area (Å²) in [5, 5.41) is 3.07. The van der Waals surface area contributed by atoms with Crippen LogP contribution in [0.2, 0.25) is 0 Å². The molecule has 35 heavy (non-hydrogen) atoms. The number of methoxy groups -OCH3 is 1. The van der Waals surface area contributed by atoms with E-state index in [1.165, 1.54) is 4.31 Å². The first-order chi connectivity index (χ1) is 16.5. The Balaban J connectivity index is 1.95. The van der Waals surface area contributed by atoms with E-state index in [9.17, 15) is 13.2 Å². The van der Waals surface area contributed by atoms with E-state index in [4.69, 9.17) is 4.74 Å². The number of hydrogen-bond donors (Lipinski definition) is 1. The normalized spacial score (nSPS) is 12.3. The van der Waals surface area contributed by atoms with Crippen LogP contribution in [0.5, 0.6) is 5.75 Å². The number of ether oxygens (including phenoxy) is 1. The van der Waals surface area contributed by atoms with Crippen molar-refractivity contribution in [2.24, 2.45) is 0 Å². The lowest BCUT2D eigenvalue weighted by atomic mass is 9.93. The molecule has 186 valence electrons. The molecule has 0 unspecified atom stereocenters. The molecule has 0 aliphatic rings. The maximum Gasteiger partial charge on any atom is 0.253 e. The smallest absolute Gasteiger partial charge is 0.253 e. The first-order valence-corrected chi connectivity index (χ1v) is 13.5. The van der Waals surface area contributed by atoms with E-state index in [1.807, 2.05) is 50.2 Å². The third-order valence-electron chi connectivity index (χ3n) is 6.04. The van der Waals surface area contributed by atoms with Crippen LogP contribution in [-0.4, -0.2) is 27.7 Å². The predicted molar refractivity (Wildman–Crippen MR) is 142 cm³/mol. The van der Waals surface area contributed by atoms with Crippen molar-refractivity contribution in [3.63, 3.8) is 0 Å². The Kier molecular flexibility index (Phi) is 8.22. The molecule has 0 bridgehead atoms. The van der Waals surface area contributed by atoms with Crippen molar-refractivity contribution in [1.29, 1.82) is 0 Å². The molecule has 0 spiro atoms. The molecule has 0 radical (unpaired) electrons. The third kappa shape index (κ3) is 6.22. The van der Waals surface area contributed by atoms with Gasteiger partial charge in [-0.15, -0.1) is 0 Å². The van der Waals surface area contributed by atoms with Crippen LogP contribution in [0.15, 0.2) is 66.7 Å². The summed E-state index contributed by atoms with van der Waals surface area (Å²) in [7, 11) is -1.98. The van der Waals surface area contributed by atoms with E-state index in [2.05, 4.69) is 25.2 Å². The van der Waals surface area contributed by atoms with E-state index in [0.29, 0.717) is 11.3 Å². The molecule has 0 saturated heterocycles. The van der Waals surface area contributed by atoms with Crippen molar-refractivity contribution in [1.82, 2.24) is 5.32 Å². The molecule has 3 aromatic rings. The number of aryl methyl sites for hydroxylation is 1. The lowest BCUT2D eigenvalue weighted by Crippen LogP contribution is -2.33. The predicted octanol–water partition coefficient (Wildman–Crippen LogP) is 5.58. The highest BCUT2D eigenvalue weighted by atomic mass is 32.2. The number of amides is 1. The fourth-order valence-electron chi connectivity index (χ4n) is 4.18. The number of carbonyl (C=O) groups excluding carboxylic acids is 1. The van der Waals surface area contributed by atoms with E-state index < -0.39 is 10.0 Å². The van der Waals surface area contributed by atoms with Crippen LogP contribution >= 0.6 is 0 Å². The monoisotopic (exact) mass is 494 g/mol. The van der Waals surface area contributed by atoms with Gasteiger partial charge in [-0.2, -0.15) is 0 Å². The quantitative estimate of drug-likeness (QED) is 0.421. The number of anilines is 1. The minimum Gasteiger partial charge on any atom is -0.496 e. The van der Waals surface area contributed by atoms with Crippen LogP contribution in [-0.2, 0) is 16.6 Å². The summed E-state index contributed by atoms with van der Waals surface area (Å²) < 4.78 is 32.3. The zero-order valence-electron chi connectivity index (χ0n) is 21.2. The van der Waals surface area contributed by atoms with Gasteiger partial charge in [-0.1, -0.05) is 56.3 Å².